The van der Waals surface area contributed by atoms with E-state index in [0.29, 0.717) is 11.5 Å². The first kappa shape index (κ1) is 17.8. The lowest BCUT2D eigenvalue weighted by Gasteiger charge is -2.13. The number of ether oxygens (including phenoxy) is 2. The summed E-state index contributed by atoms with van der Waals surface area (Å²) in [4.78, 5) is 13.5. The number of rotatable bonds is 5. The monoisotopic (exact) mass is 382 g/mol. The van der Waals surface area contributed by atoms with E-state index in [2.05, 4.69) is 22.0 Å². The average Bonchev–Trinajstić information content (AvgIpc) is 3.39. The Balaban J connectivity index is 1.48. The SMILES string of the molecule is Cc1ccc(C)n1-c1ccsc1C(=O)Nc1ccc(OC2CCOC2)cc1. The van der Waals surface area contributed by atoms with Gasteiger partial charge in [-0.25, -0.2) is 0 Å². The van der Waals surface area contributed by atoms with Gasteiger partial charge in [0.25, 0.3) is 5.91 Å². The van der Waals surface area contributed by atoms with Gasteiger partial charge < -0.3 is 19.4 Å². The van der Waals surface area contributed by atoms with Crippen molar-refractivity contribution in [1.82, 2.24) is 4.57 Å². The van der Waals surface area contributed by atoms with Gasteiger partial charge in [-0.3, -0.25) is 4.79 Å². The largest absolute Gasteiger partial charge is 0.488 e. The molecule has 6 heteroatoms. The standard InChI is InChI=1S/C21H22N2O3S/c1-14-3-4-15(2)23(14)19-10-12-27-20(19)21(24)22-16-5-7-17(8-6-16)26-18-9-11-25-13-18/h3-8,10,12,18H,9,11,13H2,1-2H3,(H,22,24). The minimum atomic E-state index is -0.106. The summed E-state index contributed by atoms with van der Waals surface area (Å²) in [5, 5.41) is 4.93. The van der Waals surface area contributed by atoms with Gasteiger partial charge in [0.2, 0.25) is 0 Å². The van der Waals surface area contributed by atoms with Crippen LogP contribution in [0.4, 0.5) is 5.69 Å². The van der Waals surface area contributed by atoms with E-state index < -0.39 is 0 Å². The Morgan fingerprint density at radius 3 is 2.56 bits per heavy atom. The molecule has 1 atom stereocenters. The van der Waals surface area contributed by atoms with E-state index in [1.54, 1.807) is 0 Å². The highest BCUT2D eigenvalue weighted by molar-refractivity contribution is 7.12. The minimum absolute atomic E-state index is 0.106. The highest BCUT2D eigenvalue weighted by Crippen LogP contribution is 2.26. The highest BCUT2D eigenvalue weighted by Gasteiger charge is 2.18. The van der Waals surface area contributed by atoms with E-state index in [4.69, 9.17) is 9.47 Å². The summed E-state index contributed by atoms with van der Waals surface area (Å²) in [7, 11) is 0. The molecule has 4 rings (SSSR count). The van der Waals surface area contributed by atoms with Crippen molar-refractivity contribution >= 4 is 22.9 Å². The zero-order valence-electron chi connectivity index (χ0n) is 15.4. The van der Waals surface area contributed by atoms with Crippen LogP contribution < -0.4 is 10.1 Å². The lowest BCUT2D eigenvalue weighted by Crippen LogP contribution is -2.16. The summed E-state index contributed by atoms with van der Waals surface area (Å²) >= 11 is 1.45. The van der Waals surface area contributed by atoms with E-state index in [9.17, 15) is 4.79 Å². The molecule has 1 aliphatic rings. The second kappa shape index (κ2) is 7.58. The summed E-state index contributed by atoms with van der Waals surface area (Å²) in [5.41, 5.74) is 3.88. The molecule has 0 aliphatic carbocycles. The summed E-state index contributed by atoms with van der Waals surface area (Å²) in [6.45, 7) is 5.47. The normalized spacial score (nSPS) is 16.4. The molecule has 3 aromatic rings. The fourth-order valence-electron chi connectivity index (χ4n) is 3.30. The van der Waals surface area contributed by atoms with Crippen molar-refractivity contribution in [3.05, 3.63) is 64.1 Å². The molecular formula is C21H22N2O3S. The van der Waals surface area contributed by atoms with Crippen molar-refractivity contribution in [2.45, 2.75) is 26.4 Å². The van der Waals surface area contributed by atoms with Crippen LogP contribution in [0.2, 0.25) is 0 Å². The maximum atomic E-state index is 12.8. The fraction of sp³-hybridized carbons (Fsp3) is 0.286. The predicted molar refractivity (Wildman–Crippen MR) is 107 cm³/mol. The number of carbonyl (C=O) groups excluding carboxylic acids is 1. The quantitative estimate of drug-likeness (QED) is 0.703. The lowest BCUT2D eigenvalue weighted by atomic mass is 10.2. The Bertz CT molecular complexity index is 917. The van der Waals surface area contributed by atoms with Gasteiger partial charge in [-0.1, -0.05) is 0 Å². The second-order valence-corrected chi connectivity index (χ2v) is 7.58. The first-order valence-corrected chi connectivity index (χ1v) is 9.88. The van der Waals surface area contributed by atoms with Crippen LogP contribution in [0.15, 0.2) is 47.8 Å². The van der Waals surface area contributed by atoms with Crippen LogP contribution in [0.1, 0.15) is 27.5 Å². The second-order valence-electron chi connectivity index (χ2n) is 6.67. The molecule has 1 fully saturated rings. The van der Waals surface area contributed by atoms with Gasteiger partial charge in [0.1, 0.15) is 16.7 Å². The van der Waals surface area contributed by atoms with Gasteiger partial charge in [0, 0.05) is 23.5 Å². The fourth-order valence-corrected chi connectivity index (χ4v) is 4.07. The number of benzene rings is 1. The van der Waals surface area contributed by atoms with Crippen molar-refractivity contribution in [2.75, 3.05) is 18.5 Å². The van der Waals surface area contributed by atoms with Gasteiger partial charge in [0.15, 0.2) is 0 Å². The van der Waals surface area contributed by atoms with E-state index in [0.717, 1.165) is 41.5 Å². The zero-order chi connectivity index (χ0) is 18.8. The van der Waals surface area contributed by atoms with Crippen LogP contribution in [0, 0.1) is 13.8 Å². The van der Waals surface area contributed by atoms with Crippen LogP contribution in [0.5, 0.6) is 5.75 Å². The number of aryl methyl sites for hydroxylation is 2. The van der Waals surface area contributed by atoms with Crippen LogP contribution in [0.25, 0.3) is 5.69 Å². The van der Waals surface area contributed by atoms with Gasteiger partial charge in [-0.05, 0) is 61.7 Å². The predicted octanol–water partition coefficient (Wildman–Crippen LogP) is 4.58. The summed E-state index contributed by atoms with van der Waals surface area (Å²) in [5.74, 6) is 0.685. The maximum absolute atomic E-state index is 12.8. The van der Waals surface area contributed by atoms with E-state index in [1.165, 1.54) is 11.3 Å². The third kappa shape index (κ3) is 3.77. The summed E-state index contributed by atoms with van der Waals surface area (Å²) in [6.07, 6.45) is 1.03. The van der Waals surface area contributed by atoms with Crippen LogP contribution in [-0.2, 0) is 4.74 Å². The first-order chi connectivity index (χ1) is 13.1. The van der Waals surface area contributed by atoms with E-state index in [-0.39, 0.29) is 12.0 Å². The molecule has 2 aromatic heterocycles. The molecule has 0 spiro atoms. The molecule has 1 N–H and O–H groups in total. The number of amides is 1. The van der Waals surface area contributed by atoms with Crippen molar-refractivity contribution in [2.24, 2.45) is 0 Å². The van der Waals surface area contributed by atoms with Gasteiger partial charge in [0.05, 0.1) is 18.9 Å². The maximum Gasteiger partial charge on any atom is 0.267 e. The molecule has 140 valence electrons. The zero-order valence-corrected chi connectivity index (χ0v) is 16.2. The minimum Gasteiger partial charge on any atom is -0.488 e. The van der Waals surface area contributed by atoms with Crippen molar-refractivity contribution < 1.29 is 14.3 Å². The smallest absolute Gasteiger partial charge is 0.267 e. The molecule has 5 nitrogen and oxygen atoms in total. The molecule has 0 saturated carbocycles. The number of thiophene rings is 1. The Morgan fingerprint density at radius 1 is 1.15 bits per heavy atom. The molecule has 1 aliphatic heterocycles. The highest BCUT2D eigenvalue weighted by atomic mass is 32.1. The van der Waals surface area contributed by atoms with Gasteiger partial charge in [-0.2, -0.15) is 0 Å². The number of aromatic nitrogens is 1. The van der Waals surface area contributed by atoms with Crippen molar-refractivity contribution in [3.8, 4) is 11.4 Å². The van der Waals surface area contributed by atoms with Crippen LogP contribution >= 0.6 is 11.3 Å². The van der Waals surface area contributed by atoms with Crippen LogP contribution in [0.3, 0.4) is 0 Å². The lowest BCUT2D eigenvalue weighted by molar-refractivity contribution is 0.103. The summed E-state index contributed by atoms with van der Waals surface area (Å²) in [6, 6.07) is 13.6. The topological polar surface area (TPSA) is 52.5 Å². The molecular weight excluding hydrogens is 360 g/mol. The van der Waals surface area contributed by atoms with Crippen molar-refractivity contribution in [3.63, 3.8) is 0 Å². The van der Waals surface area contributed by atoms with Gasteiger partial charge >= 0.3 is 0 Å². The first-order valence-electron chi connectivity index (χ1n) is 9.00. The Kier molecular flexibility index (Phi) is 5.01. The number of nitrogens with zero attached hydrogens (tertiary/aromatic N) is 1. The molecule has 3 heterocycles. The molecule has 0 radical (unpaired) electrons. The molecule has 1 unspecified atom stereocenters. The molecule has 1 amide bonds. The molecule has 1 saturated heterocycles. The van der Waals surface area contributed by atoms with E-state index >= 15 is 0 Å². The Morgan fingerprint density at radius 2 is 1.89 bits per heavy atom. The molecule has 27 heavy (non-hydrogen) atoms. The third-order valence-corrected chi connectivity index (χ3v) is 5.57. The summed E-state index contributed by atoms with van der Waals surface area (Å²) < 4.78 is 13.3. The number of hydrogen-bond donors (Lipinski definition) is 1. The Hall–Kier alpha value is -2.57. The number of nitrogens with one attached hydrogen (secondary N) is 1. The third-order valence-electron chi connectivity index (χ3n) is 4.67. The van der Waals surface area contributed by atoms with E-state index in [1.807, 2.05) is 49.6 Å². The van der Waals surface area contributed by atoms with Gasteiger partial charge in [-0.15, -0.1) is 11.3 Å². The molecule has 0 bridgehead atoms. The number of carbonyl (C=O) groups is 1. The number of hydrogen-bond acceptors (Lipinski definition) is 4. The molecule has 1 aromatic carbocycles. The van der Waals surface area contributed by atoms with Crippen LogP contribution in [-0.4, -0.2) is 29.8 Å². The number of anilines is 1. The Labute approximate surface area is 162 Å². The average molecular weight is 382 g/mol. The van der Waals surface area contributed by atoms with Crippen molar-refractivity contribution in [1.29, 1.82) is 0 Å².